The Bertz CT molecular complexity index is 1440. The lowest BCUT2D eigenvalue weighted by atomic mass is 10.0. The van der Waals surface area contributed by atoms with Gasteiger partial charge in [-0.2, -0.15) is 4.31 Å². The molecule has 3 N–H and O–H groups in total. The molecule has 3 atom stereocenters. The summed E-state index contributed by atoms with van der Waals surface area (Å²) in [5.74, 6) is -0.683. The molecule has 1 aliphatic rings. The first-order valence-electron chi connectivity index (χ1n) is 14.4. The van der Waals surface area contributed by atoms with Crippen molar-refractivity contribution in [2.75, 3.05) is 32.7 Å². The van der Waals surface area contributed by atoms with Crippen molar-refractivity contribution in [3.63, 3.8) is 0 Å². The van der Waals surface area contributed by atoms with E-state index in [1.54, 1.807) is 24.6 Å². The summed E-state index contributed by atoms with van der Waals surface area (Å²) >= 11 is 1.36. The SMILES string of the molecule is CC(C)CN(C[C@@H](O)[C@H](Cc1ccccc1)NC(=O)[C@H](C)NC(=O)CN1CCCC1)S(=O)(=O)c1ccc2ncsc2c1. The first-order chi connectivity index (χ1) is 20.0. The van der Waals surface area contributed by atoms with E-state index in [1.807, 2.05) is 44.2 Å². The third-order valence-corrected chi connectivity index (χ3v) is 9.95. The molecule has 228 valence electrons. The number of carbonyl (C=O) groups is 2. The molecule has 1 saturated heterocycles. The van der Waals surface area contributed by atoms with Crippen molar-refractivity contribution < 1.29 is 23.1 Å². The maximum Gasteiger partial charge on any atom is 0.243 e. The van der Waals surface area contributed by atoms with Gasteiger partial charge in [0.25, 0.3) is 0 Å². The number of aliphatic hydroxyl groups excluding tert-OH is 1. The monoisotopic (exact) mass is 615 g/mol. The van der Waals surface area contributed by atoms with Gasteiger partial charge in [-0.1, -0.05) is 44.2 Å². The highest BCUT2D eigenvalue weighted by Gasteiger charge is 2.32. The number of aromatic nitrogens is 1. The highest BCUT2D eigenvalue weighted by molar-refractivity contribution is 7.89. The lowest BCUT2D eigenvalue weighted by molar-refractivity contribution is -0.129. The average Bonchev–Trinajstić information content (AvgIpc) is 3.64. The summed E-state index contributed by atoms with van der Waals surface area (Å²) in [6, 6.07) is 12.6. The number of hydrogen-bond donors (Lipinski definition) is 3. The Morgan fingerprint density at radius 3 is 2.45 bits per heavy atom. The van der Waals surface area contributed by atoms with Crippen LogP contribution in [0, 0.1) is 5.92 Å². The molecular weight excluding hydrogens is 574 g/mol. The summed E-state index contributed by atoms with van der Waals surface area (Å²) in [6.45, 7) is 7.38. The van der Waals surface area contributed by atoms with E-state index in [2.05, 4.69) is 20.5 Å². The number of nitrogens with one attached hydrogen (secondary N) is 2. The minimum atomic E-state index is -3.96. The molecule has 42 heavy (non-hydrogen) atoms. The van der Waals surface area contributed by atoms with Gasteiger partial charge < -0.3 is 15.7 Å². The van der Waals surface area contributed by atoms with Gasteiger partial charge in [-0.05, 0) is 69.0 Å². The molecule has 2 heterocycles. The zero-order valence-electron chi connectivity index (χ0n) is 24.4. The van der Waals surface area contributed by atoms with Gasteiger partial charge in [0.1, 0.15) is 6.04 Å². The van der Waals surface area contributed by atoms with Crippen molar-refractivity contribution in [2.45, 2.75) is 63.1 Å². The number of rotatable bonds is 14. The van der Waals surface area contributed by atoms with Crippen molar-refractivity contribution in [1.29, 1.82) is 0 Å². The molecule has 3 aromatic rings. The average molecular weight is 616 g/mol. The van der Waals surface area contributed by atoms with Crippen LogP contribution in [0.15, 0.2) is 58.9 Å². The standard InChI is InChI=1S/C30H41N5O5S2/c1-21(2)17-35(42(39,40)24-11-12-25-28(16-24)41-20-31-25)18-27(36)26(15-23-9-5-4-6-10-23)33-30(38)22(3)32-29(37)19-34-13-7-8-14-34/h4-6,9-12,16,20-22,26-27,36H,7-8,13-15,17-19H2,1-3H3,(H,32,37)(H,33,38)/t22-,26-,27+/m0/s1. The summed E-state index contributed by atoms with van der Waals surface area (Å²) in [4.78, 5) is 32.2. The Balaban J connectivity index is 1.51. The van der Waals surface area contributed by atoms with E-state index in [0.717, 1.165) is 41.7 Å². The van der Waals surface area contributed by atoms with Crippen molar-refractivity contribution in [3.8, 4) is 0 Å². The molecule has 0 unspecified atom stereocenters. The summed E-state index contributed by atoms with van der Waals surface area (Å²) in [5, 5.41) is 17.1. The molecule has 0 aliphatic carbocycles. The van der Waals surface area contributed by atoms with E-state index in [1.165, 1.54) is 21.7 Å². The van der Waals surface area contributed by atoms with Crippen LogP contribution < -0.4 is 10.6 Å². The summed E-state index contributed by atoms with van der Waals surface area (Å²) in [5.41, 5.74) is 3.27. The molecule has 10 nitrogen and oxygen atoms in total. The summed E-state index contributed by atoms with van der Waals surface area (Å²) in [6.07, 6.45) is 1.18. The van der Waals surface area contributed by atoms with Crippen LogP contribution >= 0.6 is 11.3 Å². The summed E-state index contributed by atoms with van der Waals surface area (Å²) < 4.78 is 29.7. The van der Waals surface area contributed by atoms with E-state index in [9.17, 15) is 23.1 Å². The molecule has 1 aliphatic heterocycles. The van der Waals surface area contributed by atoms with Crippen molar-refractivity contribution in [3.05, 3.63) is 59.6 Å². The molecule has 4 rings (SSSR count). The van der Waals surface area contributed by atoms with Crippen LogP contribution in [0.4, 0.5) is 0 Å². The van der Waals surface area contributed by atoms with E-state index >= 15 is 0 Å². The predicted octanol–water partition coefficient (Wildman–Crippen LogP) is 2.63. The fraction of sp³-hybridized carbons (Fsp3) is 0.500. The van der Waals surface area contributed by atoms with Crippen molar-refractivity contribution in [2.24, 2.45) is 5.92 Å². The minimum Gasteiger partial charge on any atom is -0.390 e. The maximum atomic E-state index is 13.8. The van der Waals surface area contributed by atoms with Gasteiger partial charge in [-0.15, -0.1) is 11.3 Å². The molecule has 1 fully saturated rings. The predicted molar refractivity (Wildman–Crippen MR) is 165 cm³/mol. The largest absolute Gasteiger partial charge is 0.390 e. The topological polar surface area (TPSA) is 132 Å². The van der Waals surface area contributed by atoms with Gasteiger partial charge in [0.05, 0.1) is 39.3 Å². The number of carbonyl (C=O) groups excluding carboxylic acids is 2. The molecular formula is C30H41N5O5S2. The van der Waals surface area contributed by atoms with Crippen LogP contribution in [0.25, 0.3) is 10.2 Å². The number of thiazole rings is 1. The quantitative estimate of drug-likeness (QED) is 0.254. The van der Waals surface area contributed by atoms with E-state index in [0.29, 0.717) is 0 Å². The Labute approximate surface area is 252 Å². The number of fused-ring (bicyclic) bond motifs is 1. The van der Waals surface area contributed by atoms with Gasteiger partial charge in [-0.25, -0.2) is 13.4 Å². The Kier molecular flexibility index (Phi) is 11.1. The van der Waals surface area contributed by atoms with E-state index in [-0.39, 0.29) is 42.8 Å². The number of aliphatic hydroxyl groups is 1. The fourth-order valence-electron chi connectivity index (χ4n) is 5.11. The summed E-state index contributed by atoms with van der Waals surface area (Å²) in [7, 11) is -3.96. The Hall–Kier alpha value is -2.90. The van der Waals surface area contributed by atoms with Gasteiger partial charge in [0.15, 0.2) is 0 Å². The molecule has 0 spiro atoms. The number of likely N-dealkylation sites (tertiary alicyclic amines) is 1. The fourth-order valence-corrected chi connectivity index (χ4v) is 7.55. The smallest absolute Gasteiger partial charge is 0.243 e. The zero-order valence-corrected chi connectivity index (χ0v) is 26.0. The number of benzene rings is 2. The van der Waals surface area contributed by atoms with Gasteiger partial charge in [0.2, 0.25) is 21.8 Å². The van der Waals surface area contributed by atoms with Crippen LogP contribution in [-0.4, -0.2) is 90.4 Å². The molecule has 12 heteroatoms. The van der Waals surface area contributed by atoms with Crippen LogP contribution in [-0.2, 0) is 26.0 Å². The highest BCUT2D eigenvalue weighted by atomic mass is 32.2. The Morgan fingerprint density at radius 1 is 1.05 bits per heavy atom. The minimum absolute atomic E-state index is 0.00730. The highest BCUT2D eigenvalue weighted by Crippen LogP contribution is 2.25. The number of hydrogen-bond acceptors (Lipinski definition) is 8. The van der Waals surface area contributed by atoms with Crippen LogP contribution in [0.3, 0.4) is 0 Å². The van der Waals surface area contributed by atoms with Crippen molar-refractivity contribution in [1.82, 2.24) is 24.8 Å². The van der Waals surface area contributed by atoms with Gasteiger partial charge in [0, 0.05) is 13.1 Å². The molecule has 2 aromatic carbocycles. The lowest BCUT2D eigenvalue weighted by Crippen LogP contribution is -2.55. The first kappa shape index (κ1) is 32.0. The van der Waals surface area contributed by atoms with Crippen LogP contribution in [0.5, 0.6) is 0 Å². The lowest BCUT2D eigenvalue weighted by Gasteiger charge is -2.31. The van der Waals surface area contributed by atoms with Gasteiger partial charge >= 0.3 is 0 Å². The van der Waals surface area contributed by atoms with E-state index in [4.69, 9.17) is 0 Å². The normalized spacial score (nSPS) is 16.5. The second-order valence-electron chi connectivity index (χ2n) is 11.3. The Morgan fingerprint density at radius 2 is 1.76 bits per heavy atom. The van der Waals surface area contributed by atoms with Crippen LogP contribution in [0.1, 0.15) is 39.2 Å². The molecule has 0 radical (unpaired) electrons. The zero-order chi connectivity index (χ0) is 30.3. The van der Waals surface area contributed by atoms with Crippen molar-refractivity contribution >= 4 is 43.4 Å². The molecule has 1 aromatic heterocycles. The third kappa shape index (κ3) is 8.57. The molecule has 2 amide bonds. The van der Waals surface area contributed by atoms with Gasteiger partial charge in [-0.3, -0.25) is 14.5 Å². The van der Waals surface area contributed by atoms with E-state index < -0.39 is 34.1 Å². The number of nitrogens with zero attached hydrogens (tertiary/aromatic N) is 3. The molecule has 0 saturated carbocycles. The second-order valence-corrected chi connectivity index (χ2v) is 14.2. The first-order valence-corrected chi connectivity index (χ1v) is 16.7. The molecule has 0 bridgehead atoms. The maximum absolute atomic E-state index is 13.8. The number of sulfonamides is 1. The number of amides is 2. The second kappa shape index (κ2) is 14.5. The third-order valence-electron chi connectivity index (χ3n) is 7.33. The van der Waals surface area contributed by atoms with Crippen LogP contribution in [0.2, 0.25) is 0 Å².